The molecule has 3 rings (SSSR count). The first-order valence-corrected chi connectivity index (χ1v) is 8.94. The van der Waals surface area contributed by atoms with Gasteiger partial charge in [0.2, 0.25) is 5.91 Å². The molecule has 7 heteroatoms. The second-order valence-corrected chi connectivity index (χ2v) is 6.59. The molecule has 0 radical (unpaired) electrons. The van der Waals surface area contributed by atoms with Crippen LogP contribution in [0.1, 0.15) is 17.3 Å². The maximum absolute atomic E-state index is 12.9. The van der Waals surface area contributed by atoms with Gasteiger partial charge in [0.25, 0.3) is 5.91 Å². The highest BCUT2D eigenvalue weighted by molar-refractivity contribution is 6.33. The van der Waals surface area contributed by atoms with Crippen LogP contribution in [0.15, 0.2) is 42.5 Å². The minimum Gasteiger partial charge on any atom is -0.493 e. The summed E-state index contributed by atoms with van der Waals surface area (Å²) in [5, 5.41) is 0.379. The van der Waals surface area contributed by atoms with Crippen LogP contribution in [0.3, 0.4) is 0 Å². The summed E-state index contributed by atoms with van der Waals surface area (Å²) in [7, 11) is 3.11. The zero-order valence-electron chi connectivity index (χ0n) is 15.4. The van der Waals surface area contributed by atoms with Gasteiger partial charge in [-0.2, -0.15) is 0 Å². The quantitative estimate of drug-likeness (QED) is 0.806. The van der Waals surface area contributed by atoms with Crippen LogP contribution in [0.25, 0.3) is 0 Å². The Morgan fingerprint density at radius 2 is 1.78 bits per heavy atom. The molecule has 2 aromatic rings. The van der Waals surface area contributed by atoms with E-state index in [1.165, 1.54) is 0 Å². The van der Waals surface area contributed by atoms with E-state index in [-0.39, 0.29) is 11.8 Å². The van der Waals surface area contributed by atoms with E-state index in [1.54, 1.807) is 73.4 Å². The van der Waals surface area contributed by atoms with E-state index in [4.69, 9.17) is 21.1 Å². The van der Waals surface area contributed by atoms with Crippen LogP contribution in [0.4, 0.5) is 5.69 Å². The number of amides is 2. The molecule has 2 aromatic carbocycles. The lowest BCUT2D eigenvalue weighted by atomic mass is 10.1. The van der Waals surface area contributed by atoms with Crippen molar-refractivity contribution in [3.63, 3.8) is 0 Å². The molecule has 1 aliphatic heterocycles. The third kappa shape index (κ3) is 3.57. The van der Waals surface area contributed by atoms with E-state index in [9.17, 15) is 9.59 Å². The number of halogens is 1. The Balaban J connectivity index is 1.83. The number of hydrogen-bond acceptors (Lipinski definition) is 4. The predicted octanol–water partition coefficient (Wildman–Crippen LogP) is 3.23. The standard InChI is InChI=1S/C20H21ClN2O4/c1-13-19(24)23(14-8-9-17(26-2)18(12-14)27-3)11-10-22(13)20(25)15-6-4-5-7-16(15)21/h4-9,12-13H,10-11H2,1-3H3/t13-/m0/s1. The van der Waals surface area contributed by atoms with Crippen LogP contribution in [0, 0.1) is 0 Å². The Labute approximate surface area is 163 Å². The molecule has 1 saturated heterocycles. The minimum atomic E-state index is -0.601. The van der Waals surface area contributed by atoms with Crippen molar-refractivity contribution in [3.8, 4) is 11.5 Å². The van der Waals surface area contributed by atoms with Gasteiger partial charge >= 0.3 is 0 Å². The zero-order valence-corrected chi connectivity index (χ0v) is 16.2. The van der Waals surface area contributed by atoms with Crippen LogP contribution in [0.5, 0.6) is 11.5 Å². The van der Waals surface area contributed by atoms with Gasteiger partial charge in [-0.25, -0.2) is 0 Å². The molecule has 0 aromatic heterocycles. The lowest BCUT2D eigenvalue weighted by Gasteiger charge is -2.39. The largest absolute Gasteiger partial charge is 0.493 e. The highest BCUT2D eigenvalue weighted by atomic mass is 35.5. The fourth-order valence-electron chi connectivity index (χ4n) is 3.19. The molecule has 6 nitrogen and oxygen atoms in total. The molecule has 0 saturated carbocycles. The van der Waals surface area contributed by atoms with Gasteiger partial charge < -0.3 is 19.3 Å². The summed E-state index contributed by atoms with van der Waals surface area (Å²) in [6.45, 7) is 2.52. The maximum atomic E-state index is 12.9. The Morgan fingerprint density at radius 3 is 2.44 bits per heavy atom. The first-order valence-electron chi connectivity index (χ1n) is 8.56. The minimum absolute atomic E-state index is 0.158. The summed E-state index contributed by atoms with van der Waals surface area (Å²) in [6, 6.07) is 11.6. The van der Waals surface area contributed by atoms with Crippen molar-refractivity contribution in [1.82, 2.24) is 4.90 Å². The van der Waals surface area contributed by atoms with Gasteiger partial charge in [0.15, 0.2) is 11.5 Å². The number of anilines is 1. The SMILES string of the molecule is COc1ccc(N2CCN(C(=O)c3ccccc3Cl)[C@@H](C)C2=O)cc1OC. The van der Waals surface area contributed by atoms with E-state index in [1.807, 2.05) is 0 Å². The highest BCUT2D eigenvalue weighted by Gasteiger charge is 2.36. The summed E-state index contributed by atoms with van der Waals surface area (Å²) in [4.78, 5) is 29.0. The lowest BCUT2D eigenvalue weighted by Crippen LogP contribution is -2.57. The highest BCUT2D eigenvalue weighted by Crippen LogP contribution is 2.33. The van der Waals surface area contributed by atoms with Crippen LogP contribution in [0.2, 0.25) is 5.02 Å². The van der Waals surface area contributed by atoms with Crippen LogP contribution in [-0.4, -0.2) is 50.1 Å². The second kappa shape index (κ2) is 7.88. The van der Waals surface area contributed by atoms with Crippen LogP contribution >= 0.6 is 11.6 Å². The van der Waals surface area contributed by atoms with Crippen molar-refractivity contribution in [2.45, 2.75) is 13.0 Å². The predicted molar refractivity (Wildman–Crippen MR) is 104 cm³/mol. The van der Waals surface area contributed by atoms with E-state index < -0.39 is 6.04 Å². The van der Waals surface area contributed by atoms with Crippen molar-refractivity contribution in [2.75, 3.05) is 32.2 Å². The maximum Gasteiger partial charge on any atom is 0.256 e. The average Bonchev–Trinajstić information content (AvgIpc) is 2.69. The molecule has 0 aliphatic carbocycles. The normalized spacial score (nSPS) is 17.0. The molecule has 1 heterocycles. The lowest BCUT2D eigenvalue weighted by molar-refractivity contribution is -0.124. The Hall–Kier alpha value is -2.73. The molecule has 1 aliphatic rings. The van der Waals surface area contributed by atoms with Crippen molar-refractivity contribution < 1.29 is 19.1 Å². The number of nitrogens with zero attached hydrogens (tertiary/aromatic N) is 2. The van der Waals surface area contributed by atoms with Gasteiger partial charge in [0.05, 0.1) is 24.8 Å². The Kier molecular flexibility index (Phi) is 5.56. The number of ether oxygens (including phenoxy) is 2. The molecular formula is C20H21ClN2O4. The van der Waals surface area contributed by atoms with Crippen molar-refractivity contribution in [3.05, 3.63) is 53.1 Å². The van der Waals surface area contributed by atoms with Gasteiger partial charge in [-0.1, -0.05) is 23.7 Å². The molecule has 0 N–H and O–H groups in total. The molecule has 1 atom stereocenters. The number of carbonyl (C=O) groups excluding carboxylic acids is 2. The first kappa shape index (κ1) is 19.0. The molecule has 27 heavy (non-hydrogen) atoms. The monoisotopic (exact) mass is 388 g/mol. The van der Waals surface area contributed by atoms with Crippen molar-refractivity contribution in [1.29, 1.82) is 0 Å². The number of methoxy groups -OCH3 is 2. The third-order valence-corrected chi connectivity index (χ3v) is 5.03. The Morgan fingerprint density at radius 1 is 1.07 bits per heavy atom. The molecular weight excluding hydrogens is 368 g/mol. The van der Waals surface area contributed by atoms with E-state index in [2.05, 4.69) is 0 Å². The van der Waals surface area contributed by atoms with Gasteiger partial charge in [0.1, 0.15) is 6.04 Å². The van der Waals surface area contributed by atoms with Gasteiger partial charge in [0, 0.05) is 24.8 Å². The van der Waals surface area contributed by atoms with Gasteiger partial charge in [-0.3, -0.25) is 9.59 Å². The molecule has 0 spiro atoms. The molecule has 1 fully saturated rings. The summed E-state index contributed by atoms with van der Waals surface area (Å²) < 4.78 is 10.6. The molecule has 0 unspecified atom stereocenters. The number of benzene rings is 2. The van der Waals surface area contributed by atoms with Gasteiger partial charge in [-0.05, 0) is 31.2 Å². The fraction of sp³-hybridized carbons (Fsp3) is 0.300. The topological polar surface area (TPSA) is 59.1 Å². The van der Waals surface area contributed by atoms with Crippen LogP contribution < -0.4 is 14.4 Å². The molecule has 142 valence electrons. The summed E-state index contributed by atoms with van der Waals surface area (Å²) in [5.74, 6) is 0.738. The summed E-state index contributed by atoms with van der Waals surface area (Å²) >= 11 is 6.14. The summed E-state index contributed by atoms with van der Waals surface area (Å²) in [6.07, 6.45) is 0. The Bertz CT molecular complexity index is 871. The molecule has 0 bridgehead atoms. The summed E-state index contributed by atoms with van der Waals surface area (Å²) in [5.41, 5.74) is 1.10. The van der Waals surface area contributed by atoms with Crippen molar-refractivity contribution in [2.24, 2.45) is 0 Å². The van der Waals surface area contributed by atoms with Gasteiger partial charge in [-0.15, -0.1) is 0 Å². The second-order valence-electron chi connectivity index (χ2n) is 6.18. The smallest absolute Gasteiger partial charge is 0.256 e. The van der Waals surface area contributed by atoms with Crippen LogP contribution in [-0.2, 0) is 4.79 Å². The van der Waals surface area contributed by atoms with Crippen molar-refractivity contribution >= 4 is 29.1 Å². The van der Waals surface area contributed by atoms with E-state index >= 15 is 0 Å². The number of carbonyl (C=O) groups is 2. The molecule has 2 amide bonds. The van der Waals surface area contributed by atoms with E-state index in [0.717, 1.165) is 0 Å². The van der Waals surface area contributed by atoms with E-state index in [0.29, 0.717) is 40.9 Å². The third-order valence-electron chi connectivity index (χ3n) is 4.70. The fourth-order valence-corrected chi connectivity index (χ4v) is 3.40. The first-order chi connectivity index (χ1) is 13.0. The number of hydrogen-bond donors (Lipinski definition) is 0. The number of rotatable bonds is 4. The zero-order chi connectivity index (χ0) is 19.6. The number of piperazine rings is 1. The average molecular weight is 389 g/mol.